The van der Waals surface area contributed by atoms with Crippen molar-refractivity contribution in [3.8, 4) is 16.9 Å². The van der Waals surface area contributed by atoms with Gasteiger partial charge in [0.05, 0.1) is 32.8 Å². The number of fused-ring (bicyclic) bond motifs is 3. The van der Waals surface area contributed by atoms with Crippen LogP contribution in [0.1, 0.15) is 44.9 Å². The fraction of sp³-hybridized carbons (Fsp3) is 0.0741. The third-order valence-electron chi connectivity index (χ3n) is 5.96. The van der Waals surface area contributed by atoms with E-state index in [0.29, 0.717) is 5.58 Å². The zero-order valence-corrected chi connectivity index (χ0v) is 18.9. The first-order valence-corrected chi connectivity index (χ1v) is 10.7. The Bertz CT molecular complexity index is 1920. The highest BCUT2D eigenvalue weighted by Gasteiger charge is 2.28. The Morgan fingerprint density at radius 3 is 2.22 bits per heavy atom. The Hall–Kier alpha value is -5.05. The molecule has 0 aliphatic carbocycles. The summed E-state index contributed by atoms with van der Waals surface area (Å²) in [5, 5.41) is 19.2. The van der Waals surface area contributed by atoms with Crippen LogP contribution in [-0.4, -0.2) is 27.7 Å². The normalized spacial score (nSPS) is 11.3. The topological polar surface area (TPSA) is 152 Å². The van der Waals surface area contributed by atoms with Gasteiger partial charge in [0.15, 0.2) is 11.6 Å². The summed E-state index contributed by atoms with van der Waals surface area (Å²) in [5.41, 5.74) is -2.55. The molecule has 0 spiro atoms. The van der Waals surface area contributed by atoms with Gasteiger partial charge in [-0.15, -0.1) is 0 Å². The Balaban J connectivity index is 2.04. The highest BCUT2D eigenvalue weighted by molar-refractivity contribution is 6.18. The summed E-state index contributed by atoms with van der Waals surface area (Å²) in [7, 11) is 0. The molecule has 5 rings (SSSR count). The number of aromatic hydroxyl groups is 1. The molecule has 2 N–H and O–H groups in total. The molecular formula is C27H16O9. The molecule has 2 heterocycles. The van der Waals surface area contributed by atoms with E-state index in [1.807, 2.05) is 0 Å². The molecule has 9 nitrogen and oxygen atoms in total. The first-order valence-electron chi connectivity index (χ1n) is 10.7. The number of para-hydroxylation sites is 1. The Morgan fingerprint density at radius 1 is 0.833 bits per heavy atom. The number of carboxylic acid groups (broad SMARTS) is 1. The molecule has 0 saturated heterocycles. The molecule has 36 heavy (non-hydrogen) atoms. The zero-order valence-electron chi connectivity index (χ0n) is 18.9. The number of hydrogen-bond acceptors (Lipinski definition) is 8. The van der Waals surface area contributed by atoms with Crippen molar-refractivity contribution in [1.29, 1.82) is 0 Å². The van der Waals surface area contributed by atoms with Gasteiger partial charge in [-0.05, 0) is 38.1 Å². The predicted molar refractivity (Wildman–Crippen MR) is 130 cm³/mol. The minimum Gasteiger partial charge on any atom is -0.508 e. The smallest absolute Gasteiger partial charge is 0.336 e. The number of benzene rings is 3. The lowest BCUT2D eigenvalue weighted by atomic mass is 9.88. The van der Waals surface area contributed by atoms with E-state index in [1.54, 1.807) is 18.2 Å². The maximum Gasteiger partial charge on any atom is 0.336 e. The molecule has 0 unspecified atom stereocenters. The highest BCUT2D eigenvalue weighted by atomic mass is 16.4. The number of carbonyl (C=O) groups excluding carboxylic acids is 2. The summed E-state index contributed by atoms with van der Waals surface area (Å²) in [6, 6.07) is 9.59. The van der Waals surface area contributed by atoms with Crippen molar-refractivity contribution in [3.63, 3.8) is 0 Å². The van der Waals surface area contributed by atoms with Gasteiger partial charge in [-0.3, -0.25) is 19.2 Å². The summed E-state index contributed by atoms with van der Waals surface area (Å²) < 4.78 is 11.4. The van der Waals surface area contributed by atoms with Gasteiger partial charge >= 0.3 is 5.97 Å². The maximum atomic E-state index is 13.5. The third kappa shape index (κ3) is 3.29. The first-order chi connectivity index (χ1) is 17.1. The standard InChI is InChI=1S/C27H16O9/c1-11(28)15-9-17-25(32)23-16(27(33)34)7-13(30)8-20(23)36-26(17)21(12(2)29)22(15)18-10-35-19-6-4-3-5-14(19)24(18)31/h3-10,30H,1-2H3,(H,33,34). The number of aromatic carboxylic acids is 1. The van der Waals surface area contributed by atoms with Gasteiger partial charge < -0.3 is 19.0 Å². The van der Waals surface area contributed by atoms with Crippen LogP contribution in [0.4, 0.5) is 0 Å². The van der Waals surface area contributed by atoms with Crippen LogP contribution >= 0.6 is 0 Å². The largest absolute Gasteiger partial charge is 0.508 e. The molecule has 0 saturated carbocycles. The number of rotatable bonds is 4. The summed E-state index contributed by atoms with van der Waals surface area (Å²) in [5.74, 6) is -3.12. The molecule has 0 aliphatic rings. The molecule has 9 heteroatoms. The van der Waals surface area contributed by atoms with E-state index in [1.165, 1.54) is 26.0 Å². The quantitative estimate of drug-likeness (QED) is 0.277. The number of phenolic OH excluding ortho intramolecular Hbond substituents is 1. The molecule has 178 valence electrons. The van der Waals surface area contributed by atoms with Gasteiger partial charge in [0.2, 0.25) is 10.9 Å². The predicted octanol–water partition coefficient (Wildman–Crippen LogP) is 4.53. The highest BCUT2D eigenvalue weighted by Crippen LogP contribution is 2.36. The molecular weight excluding hydrogens is 468 g/mol. The van der Waals surface area contributed by atoms with E-state index < -0.39 is 39.7 Å². The molecule has 0 atom stereocenters. The first kappa shape index (κ1) is 22.7. The number of phenols is 1. The van der Waals surface area contributed by atoms with Crippen molar-refractivity contribution < 1.29 is 33.4 Å². The van der Waals surface area contributed by atoms with Crippen LogP contribution in [-0.2, 0) is 0 Å². The van der Waals surface area contributed by atoms with Crippen molar-refractivity contribution in [2.45, 2.75) is 13.8 Å². The number of carbonyl (C=O) groups is 3. The van der Waals surface area contributed by atoms with Crippen LogP contribution in [0.25, 0.3) is 44.0 Å². The number of carboxylic acids is 1. The molecule has 5 aromatic rings. The van der Waals surface area contributed by atoms with Crippen molar-refractivity contribution in [1.82, 2.24) is 0 Å². The fourth-order valence-corrected chi connectivity index (χ4v) is 4.41. The van der Waals surface area contributed by atoms with Gasteiger partial charge in [0.1, 0.15) is 28.8 Å². The molecule has 0 bridgehead atoms. The maximum absolute atomic E-state index is 13.5. The van der Waals surface area contributed by atoms with Crippen molar-refractivity contribution >= 4 is 50.4 Å². The Kier molecular flexibility index (Phi) is 5.06. The lowest BCUT2D eigenvalue weighted by Crippen LogP contribution is -2.15. The summed E-state index contributed by atoms with van der Waals surface area (Å²) in [6.07, 6.45) is 1.14. The molecule has 3 aromatic carbocycles. The van der Waals surface area contributed by atoms with Crippen LogP contribution in [0.5, 0.6) is 5.75 Å². The lowest BCUT2D eigenvalue weighted by molar-refractivity contribution is 0.0698. The number of hydrogen-bond donors (Lipinski definition) is 2. The Labute approximate surface area is 200 Å². The van der Waals surface area contributed by atoms with Crippen LogP contribution in [0.15, 0.2) is 67.2 Å². The van der Waals surface area contributed by atoms with Gasteiger partial charge in [-0.25, -0.2) is 4.79 Å². The van der Waals surface area contributed by atoms with Crippen molar-refractivity contribution in [2.75, 3.05) is 0 Å². The summed E-state index contributed by atoms with van der Waals surface area (Å²) in [4.78, 5) is 64.3. The Morgan fingerprint density at radius 2 is 1.56 bits per heavy atom. The lowest BCUT2D eigenvalue weighted by Gasteiger charge is -2.15. The summed E-state index contributed by atoms with van der Waals surface area (Å²) in [6.45, 7) is 2.39. The molecule has 2 aromatic heterocycles. The second kappa shape index (κ2) is 8.02. The van der Waals surface area contributed by atoms with E-state index in [9.17, 15) is 34.2 Å². The zero-order chi connectivity index (χ0) is 25.9. The van der Waals surface area contributed by atoms with E-state index in [0.717, 1.165) is 18.4 Å². The molecule has 0 radical (unpaired) electrons. The van der Waals surface area contributed by atoms with Crippen molar-refractivity contribution in [2.24, 2.45) is 0 Å². The molecule has 0 amide bonds. The van der Waals surface area contributed by atoms with Crippen LogP contribution in [0, 0.1) is 0 Å². The van der Waals surface area contributed by atoms with Crippen LogP contribution < -0.4 is 10.9 Å². The van der Waals surface area contributed by atoms with E-state index >= 15 is 0 Å². The van der Waals surface area contributed by atoms with E-state index in [4.69, 9.17) is 8.83 Å². The van der Waals surface area contributed by atoms with Gasteiger partial charge in [0, 0.05) is 17.2 Å². The number of Topliss-reactive ketones (excluding diaryl/α,β-unsaturated/α-hetero) is 2. The molecule has 0 fully saturated rings. The van der Waals surface area contributed by atoms with Crippen molar-refractivity contribution in [3.05, 3.63) is 85.9 Å². The van der Waals surface area contributed by atoms with Gasteiger partial charge in [0.25, 0.3) is 0 Å². The average molecular weight is 484 g/mol. The monoisotopic (exact) mass is 484 g/mol. The van der Waals surface area contributed by atoms with E-state index in [-0.39, 0.29) is 49.6 Å². The second-order valence-electron chi connectivity index (χ2n) is 8.24. The minimum atomic E-state index is -1.48. The minimum absolute atomic E-state index is 0.0666. The fourth-order valence-electron chi connectivity index (χ4n) is 4.41. The molecule has 0 aliphatic heterocycles. The van der Waals surface area contributed by atoms with Gasteiger partial charge in [-0.2, -0.15) is 0 Å². The number of ketones is 2. The van der Waals surface area contributed by atoms with Crippen LogP contribution in [0.3, 0.4) is 0 Å². The average Bonchev–Trinajstić information content (AvgIpc) is 2.82. The summed E-state index contributed by atoms with van der Waals surface area (Å²) >= 11 is 0. The van der Waals surface area contributed by atoms with E-state index in [2.05, 4.69) is 0 Å². The SMILES string of the molecule is CC(=O)c1cc2c(=O)c3c(C(=O)O)cc(O)cc3oc2c(C(C)=O)c1-c1coc2ccccc2c1=O. The van der Waals surface area contributed by atoms with Crippen LogP contribution in [0.2, 0.25) is 0 Å². The third-order valence-corrected chi connectivity index (χ3v) is 5.96. The van der Waals surface area contributed by atoms with Gasteiger partial charge in [-0.1, -0.05) is 12.1 Å². The second-order valence-corrected chi connectivity index (χ2v) is 8.24.